The first-order valence-electron chi connectivity index (χ1n) is 5.60. The summed E-state index contributed by atoms with van der Waals surface area (Å²) in [6.07, 6.45) is 0. The summed E-state index contributed by atoms with van der Waals surface area (Å²) < 4.78 is 27.4. The maximum Gasteiger partial charge on any atom is 0.352 e. The predicted octanol–water partition coefficient (Wildman–Crippen LogP) is 2.56. The molecule has 0 atom stereocenters. The topological polar surface area (TPSA) is 59.3 Å². The van der Waals surface area contributed by atoms with Gasteiger partial charge in [0.2, 0.25) is 0 Å². The Morgan fingerprint density at radius 3 is 2.32 bits per heavy atom. The van der Waals surface area contributed by atoms with E-state index < -0.39 is 29.2 Å². The van der Waals surface area contributed by atoms with Crippen LogP contribution in [0.5, 0.6) is 0 Å². The molecule has 4 nitrogen and oxygen atoms in total. The van der Waals surface area contributed by atoms with Crippen molar-refractivity contribution in [1.82, 2.24) is 4.57 Å². The van der Waals surface area contributed by atoms with Crippen LogP contribution < -0.4 is 5.56 Å². The zero-order valence-electron chi connectivity index (χ0n) is 10.3. The minimum absolute atomic E-state index is 0.0439. The van der Waals surface area contributed by atoms with Gasteiger partial charge in [0.05, 0.1) is 5.39 Å². The summed E-state index contributed by atoms with van der Waals surface area (Å²) >= 11 is 0. The lowest BCUT2D eigenvalue weighted by molar-refractivity contribution is 0.0682. The fourth-order valence-corrected chi connectivity index (χ4v) is 2.00. The highest BCUT2D eigenvalue weighted by Gasteiger charge is 2.18. The molecule has 2 aromatic rings. The fraction of sp³-hybridized carbons (Fsp3) is 0.231. The largest absolute Gasteiger partial charge is 0.477 e. The molecule has 0 fully saturated rings. The first-order chi connectivity index (χ1) is 8.82. The van der Waals surface area contributed by atoms with Gasteiger partial charge in [-0.3, -0.25) is 9.36 Å². The number of halogens is 2. The number of aromatic nitrogens is 1. The first kappa shape index (κ1) is 13.2. The molecule has 1 aromatic carbocycles. The van der Waals surface area contributed by atoms with Gasteiger partial charge in [-0.05, 0) is 37.4 Å². The normalized spacial score (nSPS) is 11.2. The number of hydrogen-bond donors (Lipinski definition) is 1. The SMILES string of the molecule is CC(C)n1c(C(=O)O)cc2cc(F)c(F)cc2c1=O. The second-order valence-electron chi connectivity index (χ2n) is 4.46. The molecule has 0 aliphatic heterocycles. The third kappa shape index (κ3) is 2.09. The summed E-state index contributed by atoms with van der Waals surface area (Å²) in [4.78, 5) is 23.3. The summed E-state index contributed by atoms with van der Waals surface area (Å²) in [5, 5.41) is 9.12. The molecule has 0 unspecified atom stereocenters. The molecule has 0 radical (unpaired) electrons. The third-order valence-corrected chi connectivity index (χ3v) is 2.83. The van der Waals surface area contributed by atoms with E-state index in [9.17, 15) is 18.4 Å². The lowest BCUT2D eigenvalue weighted by atomic mass is 10.1. The highest BCUT2D eigenvalue weighted by Crippen LogP contribution is 2.19. The average Bonchev–Trinajstić information content (AvgIpc) is 2.30. The van der Waals surface area contributed by atoms with Crippen molar-refractivity contribution in [3.05, 3.63) is 45.9 Å². The Hall–Kier alpha value is -2.24. The Kier molecular flexibility index (Phi) is 3.09. The molecule has 0 saturated carbocycles. The van der Waals surface area contributed by atoms with Crippen molar-refractivity contribution in [2.24, 2.45) is 0 Å². The van der Waals surface area contributed by atoms with Crippen LogP contribution in [-0.4, -0.2) is 15.6 Å². The Morgan fingerprint density at radius 2 is 1.79 bits per heavy atom. The number of benzene rings is 1. The predicted molar refractivity (Wildman–Crippen MR) is 65.5 cm³/mol. The summed E-state index contributed by atoms with van der Waals surface area (Å²) in [5.41, 5.74) is -0.901. The lowest BCUT2D eigenvalue weighted by Gasteiger charge is -2.15. The van der Waals surface area contributed by atoms with E-state index in [4.69, 9.17) is 5.11 Å². The van der Waals surface area contributed by atoms with E-state index in [0.717, 1.165) is 16.7 Å². The average molecular weight is 267 g/mol. The molecule has 1 aromatic heterocycles. The van der Waals surface area contributed by atoms with E-state index in [1.165, 1.54) is 6.07 Å². The first-order valence-corrected chi connectivity index (χ1v) is 5.60. The van der Waals surface area contributed by atoms with Crippen molar-refractivity contribution in [2.45, 2.75) is 19.9 Å². The highest BCUT2D eigenvalue weighted by molar-refractivity contribution is 5.92. The van der Waals surface area contributed by atoms with Crippen LogP contribution in [0.15, 0.2) is 23.0 Å². The van der Waals surface area contributed by atoms with Gasteiger partial charge in [-0.25, -0.2) is 13.6 Å². The standard InChI is InChI=1S/C13H11F2NO3/c1-6(2)16-11(13(18)19)4-7-3-9(14)10(15)5-8(7)12(16)17/h3-6H,1-2H3,(H,18,19). The number of carbonyl (C=O) groups is 1. The van der Waals surface area contributed by atoms with E-state index >= 15 is 0 Å². The molecule has 2 rings (SSSR count). The summed E-state index contributed by atoms with van der Waals surface area (Å²) in [6.45, 7) is 3.28. The summed E-state index contributed by atoms with van der Waals surface area (Å²) in [7, 11) is 0. The van der Waals surface area contributed by atoms with Crippen LogP contribution in [0.3, 0.4) is 0 Å². The van der Waals surface area contributed by atoms with Gasteiger partial charge in [-0.2, -0.15) is 0 Å². The van der Waals surface area contributed by atoms with Crippen LogP contribution in [0, 0.1) is 11.6 Å². The van der Waals surface area contributed by atoms with E-state index in [0.29, 0.717) is 0 Å². The number of carboxylic acid groups (broad SMARTS) is 1. The van der Waals surface area contributed by atoms with E-state index in [1.54, 1.807) is 13.8 Å². The van der Waals surface area contributed by atoms with Gasteiger partial charge in [0.25, 0.3) is 5.56 Å². The van der Waals surface area contributed by atoms with Gasteiger partial charge in [0.15, 0.2) is 11.6 Å². The van der Waals surface area contributed by atoms with Gasteiger partial charge in [0, 0.05) is 6.04 Å². The number of aromatic carboxylic acids is 1. The molecule has 1 N–H and O–H groups in total. The van der Waals surface area contributed by atoms with Crippen molar-refractivity contribution in [3.63, 3.8) is 0 Å². The van der Waals surface area contributed by atoms with Crippen molar-refractivity contribution in [3.8, 4) is 0 Å². The molecule has 0 saturated heterocycles. The van der Waals surface area contributed by atoms with Gasteiger partial charge < -0.3 is 5.11 Å². The summed E-state index contributed by atoms with van der Waals surface area (Å²) in [5.74, 6) is -3.55. The monoisotopic (exact) mass is 267 g/mol. The van der Waals surface area contributed by atoms with E-state index in [2.05, 4.69) is 0 Å². The molecule has 0 aliphatic rings. The van der Waals surface area contributed by atoms with Crippen molar-refractivity contribution >= 4 is 16.7 Å². The van der Waals surface area contributed by atoms with Crippen molar-refractivity contribution in [2.75, 3.05) is 0 Å². The molecule has 1 heterocycles. The molecular formula is C13H11F2NO3. The van der Waals surface area contributed by atoms with Gasteiger partial charge in [0.1, 0.15) is 5.69 Å². The Bertz CT molecular complexity index is 735. The van der Waals surface area contributed by atoms with E-state index in [-0.39, 0.29) is 16.5 Å². The van der Waals surface area contributed by atoms with Crippen LogP contribution in [-0.2, 0) is 0 Å². The van der Waals surface area contributed by atoms with Crippen LogP contribution in [0.25, 0.3) is 10.8 Å². The Labute approximate surface area is 106 Å². The van der Waals surface area contributed by atoms with Gasteiger partial charge in [-0.15, -0.1) is 0 Å². The number of hydrogen-bond acceptors (Lipinski definition) is 2. The molecule has 0 spiro atoms. The molecule has 6 heteroatoms. The van der Waals surface area contributed by atoms with Crippen molar-refractivity contribution < 1.29 is 18.7 Å². The number of rotatable bonds is 2. The maximum absolute atomic E-state index is 13.2. The third-order valence-electron chi connectivity index (χ3n) is 2.83. The molecule has 0 amide bonds. The molecule has 0 bridgehead atoms. The Morgan fingerprint density at radius 1 is 1.21 bits per heavy atom. The minimum atomic E-state index is -1.29. The second-order valence-corrected chi connectivity index (χ2v) is 4.46. The number of pyridine rings is 1. The van der Waals surface area contributed by atoms with Crippen molar-refractivity contribution in [1.29, 1.82) is 0 Å². The van der Waals surface area contributed by atoms with E-state index in [1.807, 2.05) is 0 Å². The number of nitrogens with zero attached hydrogens (tertiary/aromatic N) is 1. The number of carboxylic acids is 1. The zero-order valence-corrected chi connectivity index (χ0v) is 10.3. The van der Waals surface area contributed by atoms with Crippen LogP contribution in [0.1, 0.15) is 30.4 Å². The minimum Gasteiger partial charge on any atom is -0.477 e. The Balaban J connectivity index is 2.98. The smallest absolute Gasteiger partial charge is 0.352 e. The highest BCUT2D eigenvalue weighted by atomic mass is 19.2. The molecule has 0 aliphatic carbocycles. The van der Waals surface area contributed by atoms with Crippen LogP contribution in [0.2, 0.25) is 0 Å². The quantitative estimate of drug-likeness (QED) is 0.909. The summed E-state index contributed by atoms with van der Waals surface area (Å²) in [6, 6.07) is 2.37. The molecular weight excluding hydrogens is 256 g/mol. The molecule has 100 valence electrons. The van der Waals surface area contributed by atoms with Gasteiger partial charge in [-0.1, -0.05) is 0 Å². The zero-order chi connectivity index (χ0) is 14.3. The second kappa shape index (κ2) is 4.46. The number of fused-ring (bicyclic) bond motifs is 1. The van der Waals surface area contributed by atoms with Crippen LogP contribution in [0.4, 0.5) is 8.78 Å². The maximum atomic E-state index is 13.2. The fourth-order valence-electron chi connectivity index (χ4n) is 2.00. The van der Waals surface area contributed by atoms with Gasteiger partial charge >= 0.3 is 5.97 Å². The lowest BCUT2D eigenvalue weighted by Crippen LogP contribution is -2.27. The van der Waals surface area contributed by atoms with Crippen LogP contribution >= 0.6 is 0 Å². The molecule has 19 heavy (non-hydrogen) atoms.